The van der Waals surface area contributed by atoms with Crippen LogP contribution in [0.3, 0.4) is 0 Å². The number of nitrogens with two attached hydrogens (primary N) is 1. The molecule has 1 aromatic heterocycles. The van der Waals surface area contributed by atoms with Gasteiger partial charge in [0.1, 0.15) is 0 Å². The third kappa shape index (κ3) is 4.70. The van der Waals surface area contributed by atoms with Gasteiger partial charge in [-0.15, -0.1) is 0 Å². The van der Waals surface area contributed by atoms with Crippen molar-refractivity contribution < 1.29 is 4.74 Å². The van der Waals surface area contributed by atoms with Crippen molar-refractivity contribution in [3.63, 3.8) is 0 Å². The first-order valence-electron chi connectivity index (χ1n) is 6.07. The first-order chi connectivity index (χ1) is 8.52. The summed E-state index contributed by atoms with van der Waals surface area (Å²) in [5.41, 5.74) is 5.60. The average molecular weight is 254 g/mol. The van der Waals surface area contributed by atoms with E-state index in [9.17, 15) is 0 Å². The molecule has 0 amide bonds. The number of hydrogen-bond acceptors (Lipinski definition) is 7. The van der Waals surface area contributed by atoms with E-state index < -0.39 is 0 Å². The topological polar surface area (TPSA) is 89.2 Å². The van der Waals surface area contributed by atoms with Gasteiger partial charge in [-0.3, -0.25) is 0 Å². The van der Waals surface area contributed by atoms with Crippen LogP contribution in [0, 0.1) is 0 Å². The number of rotatable bonds is 7. The number of aromatic nitrogens is 3. The number of hydrogen-bond donors (Lipinski definition) is 2. The lowest BCUT2D eigenvalue weighted by Crippen LogP contribution is -2.32. The van der Waals surface area contributed by atoms with Crippen LogP contribution in [-0.4, -0.2) is 53.1 Å². The molecule has 1 heterocycles. The minimum atomic E-state index is 0.163. The number of anilines is 2. The van der Waals surface area contributed by atoms with Crippen LogP contribution < -0.4 is 15.8 Å². The Bertz CT molecular complexity index is 371. The van der Waals surface area contributed by atoms with E-state index in [0.717, 1.165) is 13.0 Å². The van der Waals surface area contributed by atoms with Crippen LogP contribution >= 0.6 is 0 Å². The van der Waals surface area contributed by atoms with Crippen LogP contribution in [0.4, 0.5) is 11.9 Å². The lowest BCUT2D eigenvalue weighted by atomic mass is 10.3. The van der Waals surface area contributed by atoms with E-state index in [1.807, 2.05) is 21.0 Å². The molecule has 7 nitrogen and oxygen atoms in total. The van der Waals surface area contributed by atoms with Gasteiger partial charge in [-0.25, -0.2) is 0 Å². The van der Waals surface area contributed by atoms with E-state index in [0.29, 0.717) is 18.6 Å². The van der Waals surface area contributed by atoms with E-state index in [-0.39, 0.29) is 12.0 Å². The minimum absolute atomic E-state index is 0.163. The molecule has 3 N–H and O–H groups in total. The molecule has 7 heteroatoms. The lowest BCUT2D eigenvalue weighted by molar-refractivity contribution is 0.292. The molecule has 1 rings (SSSR count). The maximum atomic E-state index is 5.60. The summed E-state index contributed by atoms with van der Waals surface area (Å²) in [6, 6.07) is 0.632. The molecule has 0 aliphatic carbocycles. The van der Waals surface area contributed by atoms with Gasteiger partial charge in [-0.2, -0.15) is 15.0 Å². The highest BCUT2D eigenvalue weighted by molar-refractivity contribution is 5.32. The van der Waals surface area contributed by atoms with Crippen LogP contribution in [0.2, 0.25) is 0 Å². The Kier molecular flexibility index (Phi) is 5.57. The van der Waals surface area contributed by atoms with Gasteiger partial charge >= 0.3 is 6.01 Å². The molecule has 1 aromatic rings. The molecule has 1 atom stereocenters. The second-order valence-electron chi connectivity index (χ2n) is 4.34. The quantitative estimate of drug-likeness (QED) is 0.736. The third-order valence-electron chi connectivity index (χ3n) is 2.50. The SMILES string of the molecule is CCCOc1nc(N)nc(NCC(C)N(C)C)n1. The van der Waals surface area contributed by atoms with E-state index in [1.54, 1.807) is 0 Å². The summed E-state index contributed by atoms with van der Waals surface area (Å²) in [6.45, 7) is 5.41. The van der Waals surface area contributed by atoms with Crippen molar-refractivity contribution in [3.8, 4) is 6.01 Å². The zero-order chi connectivity index (χ0) is 13.5. The van der Waals surface area contributed by atoms with E-state index >= 15 is 0 Å². The van der Waals surface area contributed by atoms with Crippen molar-refractivity contribution in [2.24, 2.45) is 0 Å². The van der Waals surface area contributed by atoms with Crippen LogP contribution in [0.25, 0.3) is 0 Å². The Morgan fingerprint density at radius 2 is 2.06 bits per heavy atom. The molecule has 0 radical (unpaired) electrons. The molecular weight excluding hydrogens is 232 g/mol. The molecule has 102 valence electrons. The summed E-state index contributed by atoms with van der Waals surface area (Å²) < 4.78 is 5.34. The van der Waals surface area contributed by atoms with Gasteiger partial charge in [0.15, 0.2) is 0 Å². The van der Waals surface area contributed by atoms with E-state index in [1.165, 1.54) is 0 Å². The summed E-state index contributed by atoms with van der Waals surface area (Å²) in [7, 11) is 4.04. The van der Waals surface area contributed by atoms with Crippen LogP contribution in [0.1, 0.15) is 20.3 Å². The number of ether oxygens (including phenoxy) is 1. The van der Waals surface area contributed by atoms with Gasteiger partial charge < -0.3 is 20.7 Å². The fraction of sp³-hybridized carbons (Fsp3) is 0.727. The number of likely N-dealkylation sites (N-methyl/N-ethyl adjacent to an activating group) is 1. The molecule has 0 spiro atoms. The highest BCUT2D eigenvalue weighted by Gasteiger charge is 2.08. The maximum absolute atomic E-state index is 5.60. The minimum Gasteiger partial charge on any atom is -0.463 e. The smallest absolute Gasteiger partial charge is 0.323 e. The fourth-order valence-corrected chi connectivity index (χ4v) is 1.13. The zero-order valence-electron chi connectivity index (χ0n) is 11.5. The molecule has 0 aliphatic heterocycles. The predicted octanol–water partition coefficient (Wildman–Crippen LogP) is 0.605. The fourth-order valence-electron chi connectivity index (χ4n) is 1.13. The summed E-state index contributed by atoms with van der Waals surface area (Å²) in [5, 5.41) is 3.12. The summed E-state index contributed by atoms with van der Waals surface area (Å²) >= 11 is 0. The van der Waals surface area contributed by atoms with Crippen molar-refractivity contribution in [1.82, 2.24) is 19.9 Å². The van der Waals surface area contributed by atoms with Crippen molar-refractivity contribution in [2.75, 3.05) is 38.3 Å². The number of nitrogens with one attached hydrogen (secondary N) is 1. The van der Waals surface area contributed by atoms with Gasteiger partial charge in [0.25, 0.3) is 0 Å². The molecule has 1 unspecified atom stereocenters. The Balaban J connectivity index is 2.62. The summed E-state index contributed by atoms with van der Waals surface area (Å²) in [5.74, 6) is 0.610. The van der Waals surface area contributed by atoms with Crippen molar-refractivity contribution in [1.29, 1.82) is 0 Å². The van der Waals surface area contributed by atoms with Gasteiger partial charge in [0.05, 0.1) is 6.61 Å². The van der Waals surface area contributed by atoms with Crippen molar-refractivity contribution >= 4 is 11.9 Å². The average Bonchev–Trinajstić information content (AvgIpc) is 2.32. The van der Waals surface area contributed by atoms with Gasteiger partial charge in [0.2, 0.25) is 11.9 Å². The third-order valence-corrected chi connectivity index (χ3v) is 2.50. The van der Waals surface area contributed by atoms with Crippen LogP contribution in [-0.2, 0) is 0 Å². The van der Waals surface area contributed by atoms with Crippen LogP contribution in [0.5, 0.6) is 6.01 Å². The summed E-state index contributed by atoms with van der Waals surface area (Å²) in [6.07, 6.45) is 0.895. The van der Waals surface area contributed by atoms with E-state index in [2.05, 4.69) is 32.1 Å². The van der Waals surface area contributed by atoms with Crippen molar-refractivity contribution in [3.05, 3.63) is 0 Å². The highest BCUT2D eigenvalue weighted by atomic mass is 16.5. The predicted molar refractivity (Wildman–Crippen MR) is 71.7 cm³/mol. The molecule has 0 saturated carbocycles. The molecule has 0 saturated heterocycles. The zero-order valence-corrected chi connectivity index (χ0v) is 11.5. The normalized spacial score (nSPS) is 12.5. The largest absolute Gasteiger partial charge is 0.463 e. The molecule has 0 bridgehead atoms. The first-order valence-corrected chi connectivity index (χ1v) is 6.07. The van der Waals surface area contributed by atoms with Gasteiger partial charge in [-0.05, 0) is 27.4 Å². The maximum Gasteiger partial charge on any atom is 0.323 e. The molecule has 0 aromatic carbocycles. The Morgan fingerprint density at radius 3 is 2.67 bits per heavy atom. The highest BCUT2D eigenvalue weighted by Crippen LogP contribution is 2.09. The standard InChI is InChI=1S/C11H22N6O/c1-5-6-18-11-15-9(12)14-10(16-11)13-7-8(2)17(3)4/h8H,5-7H2,1-4H3,(H3,12,13,14,15,16). The van der Waals surface area contributed by atoms with Gasteiger partial charge in [-0.1, -0.05) is 6.92 Å². The Morgan fingerprint density at radius 1 is 1.33 bits per heavy atom. The number of nitrogen functional groups attached to an aromatic ring is 1. The van der Waals surface area contributed by atoms with Crippen molar-refractivity contribution in [2.45, 2.75) is 26.3 Å². The molecule has 0 fully saturated rings. The molecule has 18 heavy (non-hydrogen) atoms. The Hall–Kier alpha value is -1.63. The molecule has 0 aliphatic rings. The first kappa shape index (κ1) is 14.4. The second-order valence-corrected chi connectivity index (χ2v) is 4.34. The van der Waals surface area contributed by atoms with Gasteiger partial charge in [0, 0.05) is 12.6 Å². The second kappa shape index (κ2) is 6.95. The monoisotopic (exact) mass is 254 g/mol. The van der Waals surface area contributed by atoms with E-state index in [4.69, 9.17) is 10.5 Å². The molecular formula is C11H22N6O. The summed E-state index contributed by atoms with van der Waals surface area (Å²) in [4.78, 5) is 14.2. The van der Waals surface area contributed by atoms with Crippen LogP contribution in [0.15, 0.2) is 0 Å². The number of nitrogens with zero attached hydrogens (tertiary/aromatic N) is 4. The Labute approximate surface area is 108 Å². The lowest BCUT2D eigenvalue weighted by Gasteiger charge is -2.19.